The maximum Gasteiger partial charge on any atom is 0.163 e. The third-order valence-electron chi connectivity index (χ3n) is 2.54. The number of hydrogen-bond acceptors (Lipinski definition) is 2. The van der Waals surface area contributed by atoms with Gasteiger partial charge in [-0.3, -0.25) is 4.79 Å². The molecule has 0 aliphatic heterocycles. The van der Waals surface area contributed by atoms with Crippen molar-refractivity contribution in [2.45, 2.75) is 19.8 Å². The Balaban J connectivity index is 2.56. The number of methoxy groups -OCH3 is 1. The standard InChI is InChI=1S/C11H12O2/c1-7-5-9-8(3-4-10(9)12)6-11(7)13-2/h5-6H,3-4H2,1-2H3. The summed E-state index contributed by atoms with van der Waals surface area (Å²) < 4.78 is 5.19. The van der Waals surface area contributed by atoms with Gasteiger partial charge in [0.15, 0.2) is 5.78 Å². The monoisotopic (exact) mass is 176 g/mol. The molecule has 2 rings (SSSR count). The topological polar surface area (TPSA) is 26.3 Å². The van der Waals surface area contributed by atoms with Gasteiger partial charge in [0.1, 0.15) is 5.75 Å². The average molecular weight is 176 g/mol. The average Bonchev–Trinajstić information content (AvgIpc) is 2.47. The van der Waals surface area contributed by atoms with Crippen LogP contribution in [-0.4, -0.2) is 12.9 Å². The lowest BCUT2D eigenvalue weighted by atomic mass is 10.1. The lowest BCUT2D eigenvalue weighted by Gasteiger charge is -2.06. The summed E-state index contributed by atoms with van der Waals surface area (Å²) in [5.74, 6) is 1.15. The van der Waals surface area contributed by atoms with Crippen molar-refractivity contribution in [3.05, 3.63) is 28.8 Å². The van der Waals surface area contributed by atoms with Crippen molar-refractivity contribution in [1.82, 2.24) is 0 Å². The van der Waals surface area contributed by atoms with Gasteiger partial charge in [-0.05, 0) is 36.6 Å². The SMILES string of the molecule is COc1cc2c(cc1C)C(=O)CC2. The molecule has 0 aromatic heterocycles. The second-order valence-corrected chi connectivity index (χ2v) is 3.40. The third kappa shape index (κ3) is 1.22. The van der Waals surface area contributed by atoms with Crippen LogP contribution in [0, 0.1) is 6.92 Å². The molecule has 0 saturated carbocycles. The Labute approximate surface area is 77.5 Å². The molecule has 0 fully saturated rings. The molecule has 1 aromatic rings. The zero-order valence-corrected chi connectivity index (χ0v) is 7.89. The van der Waals surface area contributed by atoms with E-state index in [9.17, 15) is 4.79 Å². The fourth-order valence-electron chi connectivity index (χ4n) is 1.80. The van der Waals surface area contributed by atoms with Gasteiger partial charge in [0.2, 0.25) is 0 Å². The first-order valence-corrected chi connectivity index (χ1v) is 4.43. The highest BCUT2D eigenvalue weighted by atomic mass is 16.5. The van der Waals surface area contributed by atoms with E-state index in [2.05, 4.69) is 0 Å². The molecule has 13 heavy (non-hydrogen) atoms. The Morgan fingerprint density at radius 1 is 1.31 bits per heavy atom. The van der Waals surface area contributed by atoms with Gasteiger partial charge in [-0.15, -0.1) is 0 Å². The van der Waals surface area contributed by atoms with Crippen LogP contribution in [0.1, 0.15) is 27.9 Å². The van der Waals surface area contributed by atoms with Crippen LogP contribution in [0.15, 0.2) is 12.1 Å². The van der Waals surface area contributed by atoms with Crippen LogP contribution in [0.2, 0.25) is 0 Å². The van der Waals surface area contributed by atoms with Crippen molar-refractivity contribution in [3.63, 3.8) is 0 Å². The van der Waals surface area contributed by atoms with E-state index in [0.29, 0.717) is 6.42 Å². The number of rotatable bonds is 1. The summed E-state index contributed by atoms with van der Waals surface area (Å²) in [6.45, 7) is 1.96. The third-order valence-corrected chi connectivity index (χ3v) is 2.54. The van der Waals surface area contributed by atoms with E-state index in [1.807, 2.05) is 19.1 Å². The summed E-state index contributed by atoms with van der Waals surface area (Å²) in [5, 5.41) is 0. The van der Waals surface area contributed by atoms with E-state index >= 15 is 0 Å². The molecule has 0 amide bonds. The summed E-state index contributed by atoms with van der Waals surface area (Å²) >= 11 is 0. The van der Waals surface area contributed by atoms with E-state index in [1.165, 1.54) is 0 Å². The molecule has 68 valence electrons. The van der Waals surface area contributed by atoms with Crippen molar-refractivity contribution in [2.75, 3.05) is 7.11 Å². The number of benzene rings is 1. The molecule has 1 aliphatic carbocycles. The zero-order valence-electron chi connectivity index (χ0n) is 7.89. The van der Waals surface area contributed by atoms with Crippen LogP contribution in [-0.2, 0) is 6.42 Å². The van der Waals surface area contributed by atoms with Crippen LogP contribution in [0.5, 0.6) is 5.75 Å². The number of ketones is 1. The molecule has 1 aromatic carbocycles. The van der Waals surface area contributed by atoms with E-state index in [1.54, 1.807) is 7.11 Å². The number of carbonyl (C=O) groups excluding carboxylic acids is 1. The molecule has 2 nitrogen and oxygen atoms in total. The van der Waals surface area contributed by atoms with Crippen molar-refractivity contribution in [1.29, 1.82) is 0 Å². The predicted octanol–water partition coefficient (Wildman–Crippen LogP) is 2.13. The quantitative estimate of drug-likeness (QED) is 0.655. The predicted molar refractivity (Wildman–Crippen MR) is 50.4 cm³/mol. The van der Waals surface area contributed by atoms with E-state index < -0.39 is 0 Å². The maximum absolute atomic E-state index is 11.4. The largest absolute Gasteiger partial charge is 0.496 e. The van der Waals surface area contributed by atoms with Gasteiger partial charge in [0, 0.05) is 12.0 Å². The molecule has 2 heteroatoms. The first-order chi connectivity index (χ1) is 6.22. The lowest BCUT2D eigenvalue weighted by Crippen LogP contribution is -1.94. The molecule has 0 unspecified atom stereocenters. The summed E-state index contributed by atoms with van der Waals surface area (Å²) in [6, 6.07) is 3.92. The van der Waals surface area contributed by atoms with Gasteiger partial charge >= 0.3 is 0 Å². The first kappa shape index (κ1) is 8.30. The normalized spacial score (nSPS) is 14.5. The number of aryl methyl sites for hydroxylation is 2. The molecule has 0 radical (unpaired) electrons. The Morgan fingerprint density at radius 3 is 2.77 bits per heavy atom. The molecule has 0 heterocycles. The number of fused-ring (bicyclic) bond motifs is 1. The molecule has 0 spiro atoms. The van der Waals surface area contributed by atoms with Crippen LogP contribution in [0.3, 0.4) is 0 Å². The Morgan fingerprint density at radius 2 is 2.08 bits per heavy atom. The highest BCUT2D eigenvalue weighted by Gasteiger charge is 2.20. The van der Waals surface area contributed by atoms with Crippen LogP contribution < -0.4 is 4.74 Å². The summed E-state index contributed by atoms with van der Waals surface area (Å²) in [5.41, 5.74) is 3.06. The molecule has 0 saturated heterocycles. The number of carbonyl (C=O) groups is 1. The number of ether oxygens (including phenoxy) is 1. The minimum atomic E-state index is 0.265. The van der Waals surface area contributed by atoms with Crippen molar-refractivity contribution in [3.8, 4) is 5.75 Å². The van der Waals surface area contributed by atoms with E-state index in [-0.39, 0.29) is 5.78 Å². The highest BCUT2D eigenvalue weighted by Crippen LogP contribution is 2.28. The lowest BCUT2D eigenvalue weighted by molar-refractivity contribution is 0.0994. The Kier molecular flexibility index (Phi) is 1.83. The molecular weight excluding hydrogens is 164 g/mol. The van der Waals surface area contributed by atoms with Gasteiger partial charge in [-0.2, -0.15) is 0 Å². The van der Waals surface area contributed by atoms with Crippen molar-refractivity contribution < 1.29 is 9.53 Å². The van der Waals surface area contributed by atoms with Gasteiger partial charge < -0.3 is 4.74 Å². The zero-order chi connectivity index (χ0) is 9.42. The maximum atomic E-state index is 11.4. The van der Waals surface area contributed by atoms with Crippen molar-refractivity contribution in [2.24, 2.45) is 0 Å². The van der Waals surface area contributed by atoms with Crippen LogP contribution in [0.25, 0.3) is 0 Å². The van der Waals surface area contributed by atoms with Crippen LogP contribution in [0.4, 0.5) is 0 Å². The van der Waals surface area contributed by atoms with Gasteiger partial charge in [0.05, 0.1) is 7.11 Å². The minimum absolute atomic E-state index is 0.265. The van der Waals surface area contributed by atoms with E-state index in [0.717, 1.165) is 28.9 Å². The molecular formula is C11H12O2. The minimum Gasteiger partial charge on any atom is -0.496 e. The van der Waals surface area contributed by atoms with Gasteiger partial charge in [-0.1, -0.05) is 0 Å². The number of Topliss-reactive ketones (excluding diaryl/α,β-unsaturated/α-hetero) is 1. The van der Waals surface area contributed by atoms with E-state index in [4.69, 9.17) is 4.74 Å². The summed E-state index contributed by atoms with van der Waals surface area (Å²) in [4.78, 5) is 11.4. The molecule has 1 aliphatic rings. The molecule has 0 atom stereocenters. The molecule has 0 N–H and O–H groups in total. The molecule has 0 bridgehead atoms. The summed E-state index contributed by atoms with van der Waals surface area (Å²) in [6.07, 6.45) is 1.52. The smallest absolute Gasteiger partial charge is 0.163 e. The second-order valence-electron chi connectivity index (χ2n) is 3.40. The number of hydrogen-bond donors (Lipinski definition) is 0. The summed E-state index contributed by atoms with van der Waals surface area (Å²) in [7, 11) is 1.66. The van der Waals surface area contributed by atoms with Crippen molar-refractivity contribution >= 4 is 5.78 Å². The Bertz CT molecular complexity index is 367. The van der Waals surface area contributed by atoms with Gasteiger partial charge in [-0.25, -0.2) is 0 Å². The Hall–Kier alpha value is -1.31. The van der Waals surface area contributed by atoms with Crippen LogP contribution >= 0.6 is 0 Å². The second kappa shape index (κ2) is 2.87. The fraction of sp³-hybridized carbons (Fsp3) is 0.364. The fourth-order valence-corrected chi connectivity index (χ4v) is 1.80. The first-order valence-electron chi connectivity index (χ1n) is 4.43. The van der Waals surface area contributed by atoms with Gasteiger partial charge in [0.25, 0.3) is 0 Å². The highest BCUT2D eigenvalue weighted by molar-refractivity contribution is 6.00.